The fourth-order valence-electron chi connectivity index (χ4n) is 1.34. The first-order chi connectivity index (χ1) is 9.56. The second-order valence-corrected chi connectivity index (χ2v) is 4.35. The number of furan rings is 1. The Kier molecular flexibility index (Phi) is 4.37. The van der Waals surface area contributed by atoms with Gasteiger partial charge in [0.05, 0.1) is 16.8 Å². The second-order valence-electron chi connectivity index (χ2n) is 3.91. The number of halogens is 1. The third-order valence-electron chi connectivity index (χ3n) is 2.39. The van der Waals surface area contributed by atoms with Gasteiger partial charge in [-0.25, -0.2) is 9.78 Å². The predicted molar refractivity (Wildman–Crippen MR) is 71.5 cm³/mol. The minimum absolute atomic E-state index is 0.245. The van der Waals surface area contributed by atoms with E-state index < -0.39 is 18.0 Å². The lowest BCUT2D eigenvalue weighted by Crippen LogP contribution is -2.30. The number of anilines is 1. The monoisotopic (exact) mass is 294 g/mol. The number of carbonyl (C=O) groups is 2. The lowest BCUT2D eigenvalue weighted by molar-refractivity contribution is -0.123. The van der Waals surface area contributed by atoms with Gasteiger partial charge in [-0.2, -0.15) is 0 Å². The first-order valence-electron chi connectivity index (χ1n) is 5.72. The zero-order valence-electron chi connectivity index (χ0n) is 10.5. The van der Waals surface area contributed by atoms with Crippen LogP contribution < -0.4 is 5.32 Å². The summed E-state index contributed by atoms with van der Waals surface area (Å²) in [4.78, 5) is 27.4. The number of hydrogen-bond donors (Lipinski definition) is 1. The molecule has 6 nitrogen and oxygen atoms in total. The highest BCUT2D eigenvalue weighted by atomic mass is 35.5. The molecule has 1 N–H and O–H groups in total. The topological polar surface area (TPSA) is 81.4 Å². The van der Waals surface area contributed by atoms with Crippen molar-refractivity contribution in [2.24, 2.45) is 0 Å². The van der Waals surface area contributed by atoms with E-state index in [2.05, 4.69) is 10.3 Å². The van der Waals surface area contributed by atoms with Gasteiger partial charge in [0, 0.05) is 6.20 Å². The second kappa shape index (κ2) is 6.21. The van der Waals surface area contributed by atoms with Gasteiger partial charge in [-0.1, -0.05) is 11.6 Å². The molecule has 0 saturated carbocycles. The van der Waals surface area contributed by atoms with Crippen molar-refractivity contribution in [1.82, 2.24) is 4.98 Å². The molecule has 0 spiro atoms. The van der Waals surface area contributed by atoms with Gasteiger partial charge in [-0.3, -0.25) is 4.79 Å². The van der Waals surface area contributed by atoms with E-state index in [-0.39, 0.29) is 5.56 Å². The smallest absolute Gasteiger partial charge is 0.342 e. The van der Waals surface area contributed by atoms with Gasteiger partial charge in [0.25, 0.3) is 5.91 Å². The molecule has 20 heavy (non-hydrogen) atoms. The van der Waals surface area contributed by atoms with Crippen LogP contribution in [0, 0.1) is 0 Å². The van der Waals surface area contributed by atoms with Crippen molar-refractivity contribution in [1.29, 1.82) is 0 Å². The highest BCUT2D eigenvalue weighted by Gasteiger charge is 2.19. The quantitative estimate of drug-likeness (QED) is 0.876. The third kappa shape index (κ3) is 3.58. The minimum Gasteiger partial charge on any atom is -0.472 e. The van der Waals surface area contributed by atoms with E-state index in [0.717, 1.165) is 0 Å². The first kappa shape index (κ1) is 14.1. The maximum Gasteiger partial charge on any atom is 0.342 e. The zero-order chi connectivity index (χ0) is 14.5. The van der Waals surface area contributed by atoms with Crippen LogP contribution in [0.2, 0.25) is 5.02 Å². The Hall–Kier alpha value is -2.34. The van der Waals surface area contributed by atoms with Crippen molar-refractivity contribution in [3.05, 3.63) is 47.5 Å². The zero-order valence-corrected chi connectivity index (χ0v) is 11.3. The molecular formula is C13H11ClN2O4. The molecule has 2 aromatic heterocycles. The Balaban J connectivity index is 1.92. The molecule has 2 heterocycles. The van der Waals surface area contributed by atoms with E-state index in [1.807, 2.05) is 0 Å². The van der Waals surface area contributed by atoms with Crippen molar-refractivity contribution in [3.8, 4) is 0 Å². The molecule has 7 heteroatoms. The number of ether oxygens (including phenoxy) is 1. The van der Waals surface area contributed by atoms with E-state index in [1.54, 1.807) is 12.1 Å². The number of carbonyl (C=O) groups excluding carboxylic acids is 2. The summed E-state index contributed by atoms with van der Waals surface area (Å²) in [6, 6.07) is 4.59. The van der Waals surface area contributed by atoms with Gasteiger partial charge in [-0.05, 0) is 25.1 Å². The third-order valence-corrected chi connectivity index (χ3v) is 2.61. The van der Waals surface area contributed by atoms with Crippen molar-refractivity contribution >= 4 is 29.3 Å². The highest BCUT2D eigenvalue weighted by molar-refractivity contribution is 6.30. The number of hydrogen-bond acceptors (Lipinski definition) is 5. The van der Waals surface area contributed by atoms with Crippen LogP contribution in [0.4, 0.5) is 5.82 Å². The standard InChI is InChI=1S/C13H11ClN2O4/c1-8(20-13(18)9-4-5-19-7-9)12(17)16-11-3-2-10(14)6-15-11/h2-8H,1H3,(H,15,16,17)/t8-/m0/s1. The molecule has 0 unspecified atom stereocenters. The van der Waals surface area contributed by atoms with E-state index in [0.29, 0.717) is 10.8 Å². The van der Waals surface area contributed by atoms with Crippen molar-refractivity contribution in [2.75, 3.05) is 5.32 Å². The molecule has 2 aromatic rings. The van der Waals surface area contributed by atoms with Gasteiger partial charge in [0.1, 0.15) is 12.1 Å². The minimum atomic E-state index is -0.963. The largest absolute Gasteiger partial charge is 0.472 e. The van der Waals surface area contributed by atoms with E-state index in [9.17, 15) is 9.59 Å². The van der Waals surface area contributed by atoms with Gasteiger partial charge in [0.2, 0.25) is 0 Å². The molecule has 1 amide bonds. The van der Waals surface area contributed by atoms with Crippen molar-refractivity contribution in [3.63, 3.8) is 0 Å². The molecule has 0 saturated heterocycles. The number of nitrogens with one attached hydrogen (secondary N) is 1. The lowest BCUT2D eigenvalue weighted by atomic mass is 10.3. The van der Waals surface area contributed by atoms with Gasteiger partial charge < -0.3 is 14.5 Å². The van der Waals surface area contributed by atoms with Crippen LogP contribution in [-0.4, -0.2) is 23.0 Å². The molecule has 0 bridgehead atoms. The number of amides is 1. The summed E-state index contributed by atoms with van der Waals surface area (Å²) in [6.45, 7) is 1.46. The van der Waals surface area contributed by atoms with Crippen LogP contribution in [0.1, 0.15) is 17.3 Å². The normalized spacial score (nSPS) is 11.7. The maximum atomic E-state index is 11.8. The Labute approximate surface area is 119 Å². The number of pyridine rings is 1. The summed E-state index contributed by atoms with van der Waals surface area (Å²) in [5.41, 5.74) is 0.245. The highest BCUT2D eigenvalue weighted by Crippen LogP contribution is 2.11. The van der Waals surface area contributed by atoms with Crippen LogP contribution >= 0.6 is 11.6 Å². The summed E-state index contributed by atoms with van der Waals surface area (Å²) < 4.78 is 9.75. The van der Waals surface area contributed by atoms with Crippen molar-refractivity contribution < 1.29 is 18.7 Å². The molecule has 0 aliphatic heterocycles. The molecule has 0 radical (unpaired) electrons. The Bertz CT molecular complexity index is 595. The SMILES string of the molecule is C[C@H](OC(=O)c1ccoc1)C(=O)Nc1ccc(Cl)cn1. The number of nitrogens with zero attached hydrogens (tertiary/aromatic N) is 1. The average molecular weight is 295 g/mol. The Morgan fingerprint density at radius 1 is 1.40 bits per heavy atom. The van der Waals surface area contributed by atoms with E-state index >= 15 is 0 Å². The van der Waals surface area contributed by atoms with E-state index in [1.165, 1.54) is 31.7 Å². The molecular weight excluding hydrogens is 284 g/mol. The fraction of sp³-hybridized carbons (Fsp3) is 0.154. The molecule has 104 valence electrons. The molecule has 1 atom stereocenters. The summed E-state index contributed by atoms with van der Waals surface area (Å²) in [5, 5.41) is 2.97. The van der Waals surface area contributed by atoms with Crippen LogP contribution in [0.15, 0.2) is 41.3 Å². The van der Waals surface area contributed by atoms with Crippen LogP contribution in [0.5, 0.6) is 0 Å². The van der Waals surface area contributed by atoms with Crippen molar-refractivity contribution in [2.45, 2.75) is 13.0 Å². The Morgan fingerprint density at radius 3 is 2.80 bits per heavy atom. The number of esters is 1. The maximum absolute atomic E-state index is 11.8. The average Bonchev–Trinajstić information content (AvgIpc) is 2.95. The molecule has 0 aliphatic carbocycles. The molecule has 2 rings (SSSR count). The molecule has 0 fully saturated rings. The fourth-order valence-corrected chi connectivity index (χ4v) is 1.45. The summed E-state index contributed by atoms with van der Waals surface area (Å²) in [7, 11) is 0. The van der Waals surface area contributed by atoms with Gasteiger partial charge in [0.15, 0.2) is 6.10 Å². The van der Waals surface area contributed by atoms with E-state index in [4.69, 9.17) is 20.8 Å². The summed E-state index contributed by atoms with van der Waals surface area (Å²) in [5.74, 6) is -0.798. The van der Waals surface area contributed by atoms with Gasteiger partial charge >= 0.3 is 5.97 Å². The summed E-state index contributed by atoms with van der Waals surface area (Å²) >= 11 is 5.68. The Morgan fingerprint density at radius 2 is 2.20 bits per heavy atom. The number of rotatable bonds is 4. The van der Waals surface area contributed by atoms with Crippen LogP contribution in [0.25, 0.3) is 0 Å². The number of aromatic nitrogens is 1. The van der Waals surface area contributed by atoms with Crippen LogP contribution in [-0.2, 0) is 9.53 Å². The van der Waals surface area contributed by atoms with Crippen LogP contribution in [0.3, 0.4) is 0 Å². The summed E-state index contributed by atoms with van der Waals surface area (Å²) in [6.07, 6.45) is 3.03. The van der Waals surface area contributed by atoms with Gasteiger partial charge in [-0.15, -0.1) is 0 Å². The first-order valence-corrected chi connectivity index (χ1v) is 6.09. The lowest BCUT2D eigenvalue weighted by Gasteiger charge is -2.12. The molecule has 0 aromatic carbocycles. The molecule has 0 aliphatic rings. The predicted octanol–water partition coefficient (Wildman–Crippen LogP) is 2.51.